The minimum absolute atomic E-state index is 0.193. The third-order valence-electron chi connectivity index (χ3n) is 5.88. The molecule has 0 unspecified atom stereocenters. The first kappa shape index (κ1) is 19.4. The molecule has 0 aliphatic carbocycles. The normalized spacial score (nSPS) is 19.5. The average molecular weight is 415 g/mol. The summed E-state index contributed by atoms with van der Waals surface area (Å²) in [4.78, 5) is 12.4. The Kier molecular flexibility index (Phi) is 5.20. The fourth-order valence-corrected chi connectivity index (χ4v) is 4.36. The number of aromatic nitrogens is 2. The summed E-state index contributed by atoms with van der Waals surface area (Å²) in [7, 11) is 1.70. The van der Waals surface area contributed by atoms with Gasteiger partial charge in [0.15, 0.2) is 5.84 Å². The van der Waals surface area contributed by atoms with E-state index in [0.29, 0.717) is 6.61 Å². The molecule has 2 aliphatic rings. The number of ether oxygens (including phenoxy) is 1. The lowest BCUT2D eigenvalue weighted by molar-refractivity contribution is 0.0575. The lowest BCUT2D eigenvalue weighted by atomic mass is 9.96. The Morgan fingerprint density at radius 1 is 1.16 bits per heavy atom. The lowest BCUT2D eigenvalue weighted by Gasteiger charge is -2.40. The summed E-state index contributed by atoms with van der Waals surface area (Å²) >= 11 is 0. The van der Waals surface area contributed by atoms with Gasteiger partial charge < -0.3 is 19.0 Å². The van der Waals surface area contributed by atoms with Crippen LogP contribution in [0.4, 0.5) is 0 Å². The highest BCUT2D eigenvalue weighted by Crippen LogP contribution is 2.33. The molecule has 1 fully saturated rings. The van der Waals surface area contributed by atoms with E-state index in [1.165, 1.54) is 11.1 Å². The third-order valence-corrected chi connectivity index (χ3v) is 5.88. The van der Waals surface area contributed by atoms with Gasteiger partial charge in [-0.15, -0.1) is 0 Å². The minimum atomic E-state index is 0.193. The summed E-state index contributed by atoms with van der Waals surface area (Å²) in [6.07, 6.45) is 8.07. The summed E-state index contributed by atoms with van der Waals surface area (Å²) in [6, 6.07) is 17.0. The van der Waals surface area contributed by atoms with Crippen LogP contribution in [-0.4, -0.2) is 40.5 Å². The van der Waals surface area contributed by atoms with Crippen molar-refractivity contribution in [2.45, 2.75) is 25.8 Å². The van der Waals surface area contributed by atoms with E-state index in [-0.39, 0.29) is 6.04 Å². The summed E-state index contributed by atoms with van der Waals surface area (Å²) in [5.74, 6) is 1.75. The number of amidine groups is 1. The molecule has 1 aromatic heterocycles. The molecule has 0 amide bonds. The van der Waals surface area contributed by atoms with Crippen molar-refractivity contribution < 1.29 is 9.57 Å². The van der Waals surface area contributed by atoms with Crippen molar-refractivity contribution in [2.75, 3.05) is 20.3 Å². The van der Waals surface area contributed by atoms with Crippen molar-refractivity contribution >= 4 is 11.9 Å². The number of hydrogen-bond donors (Lipinski definition) is 0. The molecule has 6 heteroatoms. The molecular formula is C25H26N4O2. The predicted molar refractivity (Wildman–Crippen MR) is 121 cm³/mol. The Bertz CT molecular complexity index is 1130. The predicted octanol–water partition coefficient (Wildman–Crippen LogP) is 4.75. The third kappa shape index (κ3) is 3.81. The van der Waals surface area contributed by atoms with E-state index in [0.717, 1.165) is 47.9 Å². The van der Waals surface area contributed by atoms with Gasteiger partial charge in [-0.1, -0.05) is 41.6 Å². The van der Waals surface area contributed by atoms with Crippen LogP contribution in [0.1, 0.15) is 35.7 Å². The van der Waals surface area contributed by atoms with Gasteiger partial charge >= 0.3 is 0 Å². The number of hydrogen-bond acceptors (Lipinski definition) is 5. The van der Waals surface area contributed by atoms with Crippen LogP contribution < -0.4 is 4.74 Å². The smallest absolute Gasteiger partial charge is 0.172 e. The van der Waals surface area contributed by atoms with Gasteiger partial charge in [0.05, 0.1) is 30.9 Å². The Labute approximate surface area is 182 Å². The molecule has 0 bridgehead atoms. The number of fused-ring (bicyclic) bond motifs is 1. The molecule has 158 valence electrons. The fraction of sp³-hybridized carbons (Fsp3) is 0.280. The number of benzene rings is 2. The van der Waals surface area contributed by atoms with Crippen LogP contribution in [0.25, 0.3) is 11.8 Å². The van der Waals surface area contributed by atoms with Crippen LogP contribution >= 0.6 is 0 Å². The Hall–Kier alpha value is -3.54. The molecule has 3 aromatic rings. The van der Waals surface area contributed by atoms with Crippen LogP contribution in [-0.2, 0) is 4.84 Å². The van der Waals surface area contributed by atoms with Gasteiger partial charge in [-0.05, 0) is 54.7 Å². The van der Waals surface area contributed by atoms with Crippen LogP contribution in [0.3, 0.4) is 0 Å². The van der Waals surface area contributed by atoms with Gasteiger partial charge in [0.1, 0.15) is 12.4 Å². The molecule has 2 aromatic carbocycles. The molecular weight excluding hydrogens is 388 g/mol. The molecule has 1 atom stereocenters. The van der Waals surface area contributed by atoms with Crippen molar-refractivity contribution in [2.24, 2.45) is 5.16 Å². The quantitative estimate of drug-likeness (QED) is 0.618. The molecule has 31 heavy (non-hydrogen) atoms. The Balaban J connectivity index is 1.46. The second kappa shape index (κ2) is 8.30. The number of imidazole rings is 1. The summed E-state index contributed by atoms with van der Waals surface area (Å²) < 4.78 is 7.66. The van der Waals surface area contributed by atoms with E-state index in [9.17, 15) is 0 Å². The minimum Gasteiger partial charge on any atom is -0.495 e. The van der Waals surface area contributed by atoms with Gasteiger partial charge in [-0.2, -0.15) is 0 Å². The zero-order valence-corrected chi connectivity index (χ0v) is 17.9. The Morgan fingerprint density at radius 2 is 2.03 bits per heavy atom. The number of methoxy groups -OCH3 is 1. The summed E-state index contributed by atoms with van der Waals surface area (Å²) in [6.45, 7) is 3.54. The van der Waals surface area contributed by atoms with Crippen LogP contribution in [0.5, 0.6) is 5.75 Å². The van der Waals surface area contributed by atoms with Gasteiger partial charge in [0.2, 0.25) is 0 Å². The molecule has 0 radical (unpaired) electrons. The fourth-order valence-electron chi connectivity index (χ4n) is 4.36. The second-order valence-electron chi connectivity index (χ2n) is 7.96. The largest absolute Gasteiger partial charge is 0.495 e. The van der Waals surface area contributed by atoms with E-state index in [1.54, 1.807) is 7.11 Å². The number of rotatable bonds is 4. The highest BCUT2D eigenvalue weighted by atomic mass is 16.6. The molecule has 3 heterocycles. The van der Waals surface area contributed by atoms with Crippen molar-refractivity contribution in [3.05, 3.63) is 83.4 Å². The molecule has 1 saturated heterocycles. The highest BCUT2D eigenvalue weighted by molar-refractivity contribution is 6.03. The second-order valence-corrected chi connectivity index (χ2v) is 7.96. The van der Waals surface area contributed by atoms with Gasteiger partial charge in [0.25, 0.3) is 0 Å². The van der Waals surface area contributed by atoms with E-state index >= 15 is 0 Å². The zero-order valence-electron chi connectivity index (χ0n) is 17.9. The topological polar surface area (TPSA) is 51.9 Å². The highest BCUT2D eigenvalue weighted by Gasteiger charge is 2.32. The van der Waals surface area contributed by atoms with E-state index < -0.39 is 0 Å². The molecule has 0 spiro atoms. The first-order chi connectivity index (χ1) is 15.2. The Morgan fingerprint density at radius 3 is 2.81 bits per heavy atom. The number of piperidine rings is 1. The lowest BCUT2D eigenvalue weighted by Crippen LogP contribution is -2.44. The van der Waals surface area contributed by atoms with Crippen LogP contribution in [0, 0.1) is 6.92 Å². The molecule has 5 rings (SSSR count). The van der Waals surface area contributed by atoms with Crippen LogP contribution in [0.15, 0.2) is 71.8 Å². The number of aryl methyl sites for hydroxylation is 1. The summed E-state index contributed by atoms with van der Waals surface area (Å²) in [5.41, 5.74) is 5.48. The average Bonchev–Trinajstić information content (AvgIpc) is 3.25. The monoisotopic (exact) mass is 414 g/mol. The van der Waals surface area contributed by atoms with Gasteiger partial charge in [-0.3, -0.25) is 0 Å². The standard InChI is InChI=1S/C25H26N4O2/c1-18-15-28(17-26-18)22-11-10-19(14-24(22)30-2)13-21-9-6-12-29-23(16-31-27-25(21)29)20-7-4-3-5-8-20/h3-5,7-8,10-11,13-15,17,23H,6,9,12,16H2,1-2H3/t23-/m1/s1. The van der Waals surface area contributed by atoms with E-state index in [2.05, 4.69) is 63.6 Å². The SMILES string of the molecule is COc1cc(C=C2CCCN3C2=NOC[C@@H]3c2ccccc2)ccc1-n1cnc(C)c1. The van der Waals surface area contributed by atoms with Crippen molar-refractivity contribution in [1.29, 1.82) is 0 Å². The van der Waals surface area contributed by atoms with E-state index in [4.69, 9.17) is 9.57 Å². The van der Waals surface area contributed by atoms with Crippen molar-refractivity contribution in [3.8, 4) is 11.4 Å². The number of nitrogens with zero attached hydrogens (tertiary/aromatic N) is 4. The first-order valence-electron chi connectivity index (χ1n) is 10.6. The maximum Gasteiger partial charge on any atom is 0.172 e. The van der Waals surface area contributed by atoms with Gasteiger partial charge in [0, 0.05) is 12.7 Å². The van der Waals surface area contributed by atoms with E-state index in [1.807, 2.05) is 30.1 Å². The molecule has 0 N–H and O–H groups in total. The molecule has 6 nitrogen and oxygen atoms in total. The molecule has 0 saturated carbocycles. The van der Waals surface area contributed by atoms with Crippen molar-refractivity contribution in [1.82, 2.24) is 14.5 Å². The van der Waals surface area contributed by atoms with Gasteiger partial charge in [-0.25, -0.2) is 4.98 Å². The van der Waals surface area contributed by atoms with Crippen LogP contribution in [0.2, 0.25) is 0 Å². The maximum atomic E-state index is 5.68. The zero-order chi connectivity index (χ0) is 21.2. The molecule has 2 aliphatic heterocycles. The van der Waals surface area contributed by atoms with Crippen molar-refractivity contribution in [3.63, 3.8) is 0 Å². The summed E-state index contributed by atoms with van der Waals surface area (Å²) in [5, 5.41) is 4.45. The maximum absolute atomic E-state index is 5.68. The first-order valence-corrected chi connectivity index (χ1v) is 10.6. The number of oxime groups is 1.